The molecule has 19 heavy (non-hydrogen) atoms. The summed E-state index contributed by atoms with van der Waals surface area (Å²) >= 11 is 1.54. The first-order valence-corrected chi connectivity index (χ1v) is 6.80. The second-order valence-electron chi connectivity index (χ2n) is 4.30. The standard InChI is InChI=1S/C13H10N4OS/c1-8-7-19-13-16-11(9-2-4-15-5-3-9)10(6-14)12(18)17(8)13/h2-5,8H,7H2,1H3. The van der Waals surface area contributed by atoms with Gasteiger partial charge in [-0.2, -0.15) is 5.26 Å². The molecule has 0 radical (unpaired) electrons. The summed E-state index contributed by atoms with van der Waals surface area (Å²) in [5, 5.41) is 9.94. The lowest BCUT2D eigenvalue weighted by Crippen LogP contribution is -2.26. The summed E-state index contributed by atoms with van der Waals surface area (Å²) in [6.45, 7) is 1.96. The predicted octanol–water partition coefficient (Wildman–Crippen LogP) is 1.84. The highest BCUT2D eigenvalue weighted by Crippen LogP contribution is 2.32. The Hall–Kier alpha value is -2.13. The van der Waals surface area contributed by atoms with Crippen molar-refractivity contribution in [2.24, 2.45) is 0 Å². The molecule has 0 aromatic carbocycles. The molecule has 0 saturated carbocycles. The lowest BCUT2D eigenvalue weighted by Gasteiger charge is -2.10. The third-order valence-corrected chi connectivity index (χ3v) is 4.24. The van der Waals surface area contributed by atoms with Crippen molar-refractivity contribution in [3.8, 4) is 17.3 Å². The molecule has 0 bridgehead atoms. The maximum atomic E-state index is 12.4. The van der Waals surface area contributed by atoms with Crippen molar-refractivity contribution in [1.29, 1.82) is 5.26 Å². The van der Waals surface area contributed by atoms with Crippen molar-refractivity contribution in [1.82, 2.24) is 14.5 Å². The van der Waals surface area contributed by atoms with Crippen LogP contribution in [0.5, 0.6) is 0 Å². The van der Waals surface area contributed by atoms with E-state index in [9.17, 15) is 10.1 Å². The maximum Gasteiger partial charge on any atom is 0.273 e. The smallest absolute Gasteiger partial charge is 0.273 e. The average molecular weight is 270 g/mol. The zero-order valence-corrected chi connectivity index (χ0v) is 11.0. The number of nitriles is 1. The zero-order chi connectivity index (χ0) is 13.4. The quantitative estimate of drug-likeness (QED) is 0.739. The highest BCUT2D eigenvalue weighted by molar-refractivity contribution is 7.99. The average Bonchev–Trinajstić information content (AvgIpc) is 2.81. The Morgan fingerprint density at radius 3 is 2.89 bits per heavy atom. The molecule has 1 unspecified atom stereocenters. The minimum Gasteiger partial charge on any atom is -0.283 e. The van der Waals surface area contributed by atoms with Crippen LogP contribution in [-0.4, -0.2) is 20.3 Å². The molecular weight excluding hydrogens is 260 g/mol. The van der Waals surface area contributed by atoms with Crippen molar-refractivity contribution in [2.75, 3.05) is 5.75 Å². The van der Waals surface area contributed by atoms with Crippen molar-refractivity contribution in [3.05, 3.63) is 40.4 Å². The molecule has 0 aliphatic carbocycles. The molecule has 1 aliphatic heterocycles. The molecular formula is C13H10N4OS. The molecule has 1 aliphatic rings. The molecule has 5 nitrogen and oxygen atoms in total. The van der Waals surface area contributed by atoms with Crippen LogP contribution >= 0.6 is 11.8 Å². The number of fused-ring (bicyclic) bond motifs is 1. The third kappa shape index (κ3) is 1.83. The van der Waals surface area contributed by atoms with Crippen LogP contribution in [0.25, 0.3) is 11.3 Å². The minimum atomic E-state index is -0.253. The Labute approximate surface area is 113 Å². The summed E-state index contributed by atoms with van der Waals surface area (Å²) in [4.78, 5) is 20.8. The third-order valence-electron chi connectivity index (χ3n) is 3.04. The molecule has 6 heteroatoms. The van der Waals surface area contributed by atoms with Gasteiger partial charge in [-0.1, -0.05) is 11.8 Å². The van der Waals surface area contributed by atoms with Gasteiger partial charge in [0.15, 0.2) is 5.16 Å². The van der Waals surface area contributed by atoms with Crippen LogP contribution in [0.1, 0.15) is 18.5 Å². The van der Waals surface area contributed by atoms with Crippen LogP contribution in [-0.2, 0) is 0 Å². The first kappa shape index (κ1) is 11.9. The Morgan fingerprint density at radius 1 is 1.47 bits per heavy atom. The lowest BCUT2D eigenvalue weighted by atomic mass is 10.1. The van der Waals surface area contributed by atoms with E-state index >= 15 is 0 Å². The van der Waals surface area contributed by atoms with Gasteiger partial charge >= 0.3 is 0 Å². The van der Waals surface area contributed by atoms with E-state index in [1.807, 2.05) is 13.0 Å². The monoisotopic (exact) mass is 270 g/mol. The second kappa shape index (κ2) is 4.52. The summed E-state index contributed by atoms with van der Waals surface area (Å²) in [6.07, 6.45) is 3.25. The van der Waals surface area contributed by atoms with Crippen molar-refractivity contribution < 1.29 is 0 Å². The first-order chi connectivity index (χ1) is 9.22. The number of pyridine rings is 1. The van der Waals surface area contributed by atoms with Gasteiger partial charge in [-0.3, -0.25) is 14.3 Å². The van der Waals surface area contributed by atoms with Crippen LogP contribution in [0.15, 0.2) is 34.5 Å². The molecule has 94 valence electrons. The van der Waals surface area contributed by atoms with Gasteiger partial charge in [0.1, 0.15) is 11.6 Å². The topological polar surface area (TPSA) is 71.6 Å². The SMILES string of the molecule is CC1CSc2nc(-c3ccncc3)c(C#N)c(=O)n21. The first-order valence-electron chi connectivity index (χ1n) is 5.82. The number of hydrogen-bond donors (Lipinski definition) is 0. The van der Waals surface area contributed by atoms with Gasteiger partial charge in [-0.25, -0.2) is 4.98 Å². The number of nitrogens with zero attached hydrogens (tertiary/aromatic N) is 4. The lowest BCUT2D eigenvalue weighted by molar-refractivity contribution is 0.543. The fourth-order valence-corrected chi connectivity index (χ4v) is 3.19. The van der Waals surface area contributed by atoms with Gasteiger partial charge in [0.25, 0.3) is 5.56 Å². The molecule has 2 aromatic rings. The summed E-state index contributed by atoms with van der Waals surface area (Å²) in [5.41, 5.74) is 1.04. The van der Waals surface area contributed by atoms with E-state index in [0.29, 0.717) is 10.9 Å². The molecule has 0 spiro atoms. The van der Waals surface area contributed by atoms with Gasteiger partial charge in [-0.15, -0.1) is 0 Å². The van der Waals surface area contributed by atoms with Crippen LogP contribution in [0.2, 0.25) is 0 Å². The van der Waals surface area contributed by atoms with Crippen molar-refractivity contribution in [3.63, 3.8) is 0 Å². The van der Waals surface area contributed by atoms with Crippen LogP contribution in [0, 0.1) is 11.3 Å². The molecule has 1 atom stereocenters. The predicted molar refractivity (Wildman–Crippen MR) is 71.9 cm³/mol. The van der Waals surface area contributed by atoms with Gasteiger partial charge < -0.3 is 0 Å². The second-order valence-corrected chi connectivity index (χ2v) is 5.29. The summed E-state index contributed by atoms with van der Waals surface area (Å²) < 4.78 is 1.61. The highest BCUT2D eigenvalue weighted by Gasteiger charge is 2.25. The van der Waals surface area contributed by atoms with Gasteiger partial charge in [-0.05, 0) is 19.1 Å². The van der Waals surface area contributed by atoms with Crippen LogP contribution in [0.4, 0.5) is 0 Å². The van der Waals surface area contributed by atoms with E-state index in [1.165, 1.54) is 0 Å². The fraction of sp³-hybridized carbons (Fsp3) is 0.231. The molecule has 3 heterocycles. The van der Waals surface area contributed by atoms with E-state index < -0.39 is 0 Å². The summed E-state index contributed by atoms with van der Waals surface area (Å²) in [5.74, 6) is 0.812. The van der Waals surface area contributed by atoms with E-state index in [4.69, 9.17) is 0 Å². The normalized spacial score (nSPS) is 16.9. The summed E-state index contributed by atoms with van der Waals surface area (Å²) in [7, 11) is 0. The number of thioether (sulfide) groups is 1. The summed E-state index contributed by atoms with van der Waals surface area (Å²) in [6, 6.07) is 5.57. The fourth-order valence-electron chi connectivity index (χ4n) is 2.09. The van der Waals surface area contributed by atoms with Gasteiger partial charge in [0.2, 0.25) is 0 Å². The zero-order valence-electron chi connectivity index (χ0n) is 10.2. The molecule has 2 aromatic heterocycles. The molecule has 0 saturated heterocycles. The Balaban J connectivity index is 2.32. The minimum absolute atomic E-state index is 0.0820. The molecule has 0 amide bonds. The molecule has 0 fully saturated rings. The number of aromatic nitrogens is 3. The van der Waals surface area contributed by atoms with Gasteiger partial charge in [0.05, 0.1) is 5.69 Å². The van der Waals surface area contributed by atoms with E-state index in [0.717, 1.165) is 11.3 Å². The van der Waals surface area contributed by atoms with Crippen molar-refractivity contribution >= 4 is 11.8 Å². The number of rotatable bonds is 1. The van der Waals surface area contributed by atoms with Gasteiger partial charge in [0, 0.05) is 29.8 Å². The maximum absolute atomic E-state index is 12.4. The Kier molecular flexibility index (Phi) is 2.84. The van der Waals surface area contributed by atoms with E-state index in [2.05, 4.69) is 9.97 Å². The largest absolute Gasteiger partial charge is 0.283 e. The Morgan fingerprint density at radius 2 is 2.21 bits per heavy atom. The Bertz CT molecular complexity index is 733. The number of hydrogen-bond acceptors (Lipinski definition) is 5. The molecule has 0 N–H and O–H groups in total. The highest BCUT2D eigenvalue weighted by atomic mass is 32.2. The van der Waals surface area contributed by atoms with Crippen LogP contribution < -0.4 is 5.56 Å². The molecule has 3 rings (SSSR count). The van der Waals surface area contributed by atoms with E-state index in [-0.39, 0.29) is 17.2 Å². The van der Waals surface area contributed by atoms with E-state index in [1.54, 1.807) is 40.9 Å². The van der Waals surface area contributed by atoms with Crippen LogP contribution in [0.3, 0.4) is 0 Å². The van der Waals surface area contributed by atoms with Crippen molar-refractivity contribution in [2.45, 2.75) is 18.1 Å².